The molecule has 20 heavy (non-hydrogen) atoms. The van der Waals surface area contributed by atoms with Gasteiger partial charge in [0.05, 0.1) is 17.2 Å². The molecule has 1 rings (SSSR count). The maximum atomic E-state index is 12.8. The van der Waals surface area contributed by atoms with Crippen molar-refractivity contribution in [2.24, 2.45) is 0 Å². The fourth-order valence-corrected chi connectivity index (χ4v) is 1.85. The Morgan fingerprint density at radius 2 is 1.60 bits per heavy atom. The Balaban J connectivity index is 3.68. The molecule has 0 amide bonds. The minimum absolute atomic E-state index is 0.363. The van der Waals surface area contributed by atoms with Crippen molar-refractivity contribution in [3.05, 3.63) is 34.4 Å². The topological polar surface area (TPSA) is 44.0 Å². The van der Waals surface area contributed by atoms with E-state index in [4.69, 9.17) is 5.26 Å². The van der Waals surface area contributed by atoms with E-state index in [0.717, 1.165) is 6.92 Å². The first-order chi connectivity index (χ1) is 8.84. The first kappa shape index (κ1) is 16.3. The molecule has 110 valence electrons. The van der Waals surface area contributed by atoms with Crippen LogP contribution < -0.4 is 0 Å². The van der Waals surface area contributed by atoms with Crippen LogP contribution >= 0.6 is 0 Å². The summed E-state index contributed by atoms with van der Waals surface area (Å²) in [5.41, 5.74) is -7.46. The molecule has 0 saturated carbocycles. The van der Waals surface area contributed by atoms with Gasteiger partial charge in [0.25, 0.3) is 0 Å². The number of benzene rings is 1. The van der Waals surface area contributed by atoms with Gasteiger partial charge in [-0.25, -0.2) is 0 Å². The highest BCUT2D eigenvalue weighted by molar-refractivity contribution is 5.49. The van der Waals surface area contributed by atoms with Gasteiger partial charge in [-0.1, -0.05) is 6.07 Å². The minimum Gasteiger partial charge on any atom is -0.376 e. The van der Waals surface area contributed by atoms with E-state index in [1.54, 1.807) is 0 Å². The summed E-state index contributed by atoms with van der Waals surface area (Å²) in [6, 6.07) is 2.57. The molecule has 1 N–H and O–H groups in total. The summed E-state index contributed by atoms with van der Waals surface area (Å²) < 4.78 is 76.7. The first-order valence-electron chi connectivity index (χ1n) is 5.24. The average molecular weight is 297 g/mol. The monoisotopic (exact) mass is 297 g/mol. The van der Waals surface area contributed by atoms with Gasteiger partial charge in [0.2, 0.25) is 0 Å². The Bertz CT molecular complexity index is 565. The van der Waals surface area contributed by atoms with Crippen LogP contribution in [0.2, 0.25) is 0 Å². The Labute approximate surface area is 110 Å². The zero-order valence-corrected chi connectivity index (χ0v) is 10.3. The Kier molecular flexibility index (Phi) is 3.80. The molecule has 0 aromatic heterocycles. The van der Waals surface area contributed by atoms with Crippen LogP contribution in [0.5, 0.6) is 0 Å². The number of hydrogen-bond acceptors (Lipinski definition) is 2. The molecule has 0 spiro atoms. The molecule has 1 atom stereocenters. The predicted molar refractivity (Wildman–Crippen MR) is 56.5 cm³/mol. The summed E-state index contributed by atoms with van der Waals surface area (Å²) in [4.78, 5) is 0. The van der Waals surface area contributed by atoms with Crippen molar-refractivity contribution in [2.45, 2.75) is 31.8 Å². The highest BCUT2D eigenvalue weighted by Crippen LogP contribution is 2.43. The average Bonchev–Trinajstić information content (AvgIpc) is 2.24. The third-order valence-electron chi connectivity index (χ3n) is 2.95. The quantitative estimate of drug-likeness (QED) is 0.804. The number of alkyl halides is 6. The molecule has 0 radical (unpaired) electrons. The Morgan fingerprint density at radius 3 is 1.95 bits per heavy atom. The molecule has 0 heterocycles. The van der Waals surface area contributed by atoms with Gasteiger partial charge in [-0.05, 0) is 31.0 Å². The van der Waals surface area contributed by atoms with E-state index in [9.17, 15) is 31.4 Å². The molecule has 8 heteroatoms. The molecule has 1 aromatic carbocycles. The summed E-state index contributed by atoms with van der Waals surface area (Å²) in [5.74, 6) is 0. The lowest BCUT2D eigenvalue weighted by molar-refractivity contribution is -0.259. The van der Waals surface area contributed by atoms with Crippen molar-refractivity contribution in [3.63, 3.8) is 0 Å². The van der Waals surface area contributed by atoms with Crippen LogP contribution in [-0.2, 0) is 11.8 Å². The second-order valence-corrected chi connectivity index (χ2v) is 4.34. The molecule has 0 aliphatic heterocycles. The van der Waals surface area contributed by atoms with Gasteiger partial charge in [-0.15, -0.1) is 0 Å². The molecular formula is C12H9F6NO. The largest absolute Gasteiger partial charge is 0.421 e. The number of nitrogens with zero attached hydrogens (tertiary/aromatic N) is 1. The SMILES string of the molecule is Cc1c(C(C)(O)C(F)(F)F)ccc(C#N)c1C(F)(F)F. The van der Waals surface area contributed by atoms with Crippen LogP contribution in [0.25, 0.3) is 0 Å². The highest BCUT2D eigenvalue weighted by Gasteiger charge is 2.53. The lowest BCUT2D eigenvalue weighted by atomic mass is 9.87. The minimum atomic E-state index is -5.14. The number of rotatable bonds is 1. The summed E-state index contributed by atoms with van der Waals surface area (Å²) in [6.45, 7) is 1.15. The van der Waals surface area contributed by atoms with Crippen molar-refractivity contribution in [3.8, 4) is 6.07 Å². The lowest BCUT2D eigenvalue weighted by Crippen LogP contribution is -2.40. The molecular weight excluding hydrogens is 288 g/mol. The van der Waals surface area contributed by atoms with Crippen molar-refractivity contribution in [1.82, 2.24) is 0 Å². The van der Waals surface area contributed by atoms with E-state index in [2.05, 4.69) is 0 Å². The van der Waals surface area contributed by atoms with Gasteiger partial charge < -0.3 is 5.11 Å². The first-order valence-corrected chi connectivity index (χ1v) is 5.24. The summed E-state index contributed by atoms with van der Waals surface area (Å²) in [6.07, 6.45) is -10.1. The number of nitriles is 1. The third kappa shape index (κ3) is 2.58. The summed E-state index contributed by atoms with van der Waals surface area (Å²) in [5, 5.41) is 18.1. The van der Waals surface area contributed by atoms with Gasteiger partial charge in [0.1, 0.15) is 0 Å². The zero-order chi connectivity index (χ0) is 15.9. The van der Waals surface area contributed by atoms with Crippen LogP contribution in [0.3, 0.4) is 0 Å². The molecule has 2 nitrogen and oxygen atoms in total. The molecule has 0 aliphatic carbocycles. The molecule has 0 bridgehead atoms. The summed E-state index contributed by atoms with van der Waals surface area (Å²) in [7, 11) is 0. The fourth-order valence-electron chi connectivity index (χ4n) is 1.85. The van der Waals surface area contributed by atoms with Crippen LogP contribution in [-0.4, -0.2) is 11.3 Å². The van der Waals surface area contributed by atoms with Gasteiger partial charge in [-0.2, -0.15) is 31.6 Å². The van der Waals surface area contributed by atoms with Crippen molar-refractivity contribution in [2.75, 3.05) is 0 Å². The van der Waals surface area contributed by atoms with E-state index >= 15 is 0 Å². The molecule has 0 aliphatic rings. The smallest absolute Gasteiger partial charge is 0.376 e. The lowest BCUT2D eigenvalue weighted by Gasteiger charge is -2.29. The molecule has 1 aromatic rings. The van der Waals surface area contributed by atoms with Crippen molar-refractivity contribution < 1.29 is 31.4 Å². The second-order valence-electron chi connectivity index (χ2n) is 4.34. The fraction of sp³-hybridized carbons (Fsp3) is 0.417. The molecule has 0 saturated heterocycles. The third-order valence-corrected chi connectivity index (χ3v) is 2.95. The van der Waals surface area contributed by atoms with Crippen LogP contribution in [0.1, 0.15) is 29.2 Å². The number of aliphatic hydroxyl groups is 1. The second kappa shape index (κ2) is 4.66. The van der Waals surface area contributed by atoms with E-state index in [1.807, 2.05) is 0 Å². The standard InChI is InChI=1S/C12H9F6NO/c1-6-8(10(2,20)12(16,17)18)4-3-7(5-19)9(6)11(13,14)15/h3-4,20H,1-2H3. The van der Waals surface area contributed by atoms with Gasteiger partial charge in [0, 0.05) is 0 Å². The molecule has 0 fully saturated rings. The normalized spacial score (nSPS) is 15.6. The van der Waals surface area contributed by atoms with Crippen LogP contribution in [0.15, 0.2) is 12.1 Å². The predicted octanol–water partition coefficient (Wildman–Crippen LogP) is 3.66. The zero-order valence-electron chi connectivity index (χ0n) is 10.3. The van der Waals surface area contributed by atoms with Gasteiger partial charge in [-0.3, -0.25) is 0 Å². The molecule has 1 unspecified atom stereocenters. The highest BCUT2D eigenvalue weighted by atomic mass is 19.4. The van der Waals surface area contributed by atoms with Gasteiger partial charge >= 0.3 is 12.4 Å². The van der Waals surface area contributed by atoms with Crippen molar-refractivity contribution in [1.29, 1.82) is 5.26 Å². The maximum absolute atomic E-state index is 12.8. The van der Waals surface area contributed by atoms with Crippen LogP contribution in [0, 0.1) is 18.3 Å². The number of halogens is 6. The Morgan fingerprint density at radius 1 is 1.10 bits per heavy atom. The maximum Gasteiger partial charge on any atom is 0.421 e. The van der Waals surface area contributed by atoms with E-state index < -0.39 is 40.2 Å². The Hall–Kier alpha value is -1.75. The van der Waals surface area contributed by atoms with Crippen molar-refractivity contribution >= 4 is 0 Å². The van der Waals surface area contributed by atoms with E-state index in [0.29, 0.717) is 19.1 Å². The van der Waals surface area contributed by atoms with E-state index in [-0.39, 0.29) is 0 Å². The van der Waals surface area contributed by atoms with E-state index in [1.165, 1.54) is 6.07 Å². The summed E-state index contributed by atoms with van der Waals surface area (Å²) >= 11 is 0. The van der Waals surface area contributed by atoms with Gasteiger partial charge in [0.15, 0.2) is 5.60 Å². The number of hydrogen-bond donors (Lipinski definition) is 1. The van der Waals surface area contributed by atoms with Crippen LogP contribution in [0.4, 0.5) is 26.3 Å².